The summed E-state index contributed by atoms with van der Waals surface area (Å²) in [5.41, 5.74) is 1.69. The average Bonchev–Trinajstić information content (AvgIpc) is 2.17. The summed E-state index contributed by atoms with van der Waals surface area (Å²) in [6.07, 6.45) is 0. The Labute approximate surface area is 79.9 Å². The van der Waals surface area contributed by atoms with E-state index in [0.717, 1.165) is 0 Å². The van der Waals surface area contributed by atoms with Crippen LogP contribution in [0, 0.1) is 0 Å². The second kappa shape index (κ2) is 9.84. The van der Waals surface area contributed by atoms with Crippen LogP contribution < -0.4 is 0 Å². The van der Waals surface area contributed by atoms with Crippen LogP contribution in [0.1, 0.15) is 0 Å². The molecule has 0 aliphatic heterocycles. The Bertz CT molecular complexity index is 113. The van der Waals surface area contributed by atoms with E-state index in [1.807, 2.05) is 0 Å². The monoisotopic (exact) mass is 208 g/mol. The lowest BCUT2D eigenvalue weighted by molar-refractivity contribution is -0.252. The molecule has 0 aromatic carbocycles. The van der Waals surface area contributed by atoms with Gasteiger partial charge < -0.3 is 24.1 Å². The molecule has 0 rings (SSSR count). The number of hydrogen-bond donors (Lipinski definition) is 2. The van der Waals surface area contributed by atoms with Crippen molar-refractivity contribution < 1.29 is 24.1 Å². The molecule has 0 bridgehead atoms. The van der Waals surface area contributed by atoms with Crippen molar-refractivity contribution in [3.05, 3.63) is 12.3 Å². The van der Waals surface area contributed by atoms with Gasteiger partial charge in [-0.1, -0.05) is 5.70 Å². The fourth-order valence-corrected chi connectivity index (χ4v) is 1.07. The smallest absolute Gasteiger partial charge is 0.262 e. The van der Waals surface area contributed by atoms with Crippen LogP contribution in [0.5, 0.6) is 0 Å². The summed E-state index contributed by atoms with van der Waals surface area (Å²) in [5, 5.41) is 16.9. The van der Waals surface area contributed by atoms with Gasteiger partial charge in [0.2, 0.25) is 0 Å². The summed E-state index contributed by atoms with van der Waals surface area (Å²) in [4.78, 5) is 0. The SMILES string of the molecule is C=C[SiH2]OC(OCCO)OCCO. The summed E-state index contributed by atoms with van der Waals surface area (Å²) in [7, 11) is -0.831. The van der Waals surface area contributed by atoms with Gasteiger partial charge in [-0.25, -0.2) is 0 Å². The van der Waals surface area contributed by atoms with Gasteiger partial charge in [-0.05, 0) is 0 Å². The van der Waals surface area contributed by atoms with E-state index in [2.05, 4.69) is 6.58 Å². The molecule has 2 N–H and O–H groups in total. The molecule has 5 nitrogen and oxygen atoms in total. The van der Waals surface area contributed by atoms with Crippen LogP contribution in [0.3, 0.4) is 0 Å². The van der Waals surface area contributed by atoms with E-state index in [9.17, 15) is 0 Å². The van der Waals surface area contributed by atoms with Gasteiger partial charge in [0.1, 0.15) is 0 Å². The molecule has 0 saturated heterocycles. The molecule has 0 aliphatic rings. The molecule has 0 heterocycles. The maximum absolute atomic E-state index is 8.47. The number of ether oxygens (including phenoxy) is 2. The fraction of sp³-hybridized carbons (Fsp3) is 0.714. The molecule has 13 heavy (non-hydrogen) atoms. The molecule has 0 radical (unpaired) electrons. The summed E-state index contributed by atoms with van der Waals surface area (Å²) in [6.45, 7) is 2.87. The average molecular weight is 208 g/mol. The third-order valence-corrected chi connectivity index (χ3v) is 1.74. The standard InChI is InChI=1S/C7H16O5Si/c1-2-13-12-7(10-5-3-8)11-6-4-9/h2,7-9H,1,3-6,13H2. The van der Waals surface area contributed by atoms with Crippen LogP contribution >= 0.6 is 0 Å². The Morgan fingerprint density at radius 3 is 2.15 bits per heavy atom. The molecular weight excluding hydrogens is 192 g/mol. The Morgan fingerprint density at radius 1 is 1.23 bits per heavy atom. The normalized spacial score (nSPS) is 11.6. The van der Waals surface area contributed by atoms with Crippen LogP contribution in [-0.4, -0.2) is 52.9 Å². The van der Waals surface area contributed by atoms with Crippen LogP contribution in [0.2, 0.25) is 0 Å². The number of aliphatic hydroxyl groups excluding tert-OH is 2. The van der Waals surface area contributed by atoms with Crippen molar-refractivity contribution in [1.82, 2.24) is 0 Å². The van der Waals surface area contributed by atoms with Crippen LogP contribution in [-0.2, 0) is 13.9 Å². The van der Waals surface area contributed by atoms with E-state index in [1.165, 1.54) is 0 Å². The zero-order valence-corrected chi connectivity index (χ0v) is 8.93. The molecule has 0 fully saturated rings. The molecule has 0 amide bonds. The highest BCUT2D eigenvalue weighted by Gasteiger charge is 2.07. The fourth-order valence-electron chi connectivity index (χ4n) is 0.589. The first-order chi connectivity index (χ1) is 6.35. The van der Waals surface area contributed by atoms with E-state index in [-0.39, 0.29) is 26.4 Å². The van der Waals surface area contributed by atoms with Crippen LogP contribution in [0.25, 0.3) is 0 Å². The van der Waals surface area contributed by atoms with E-state index < -0.39 is 16.2 Å². The summed E-state index contributed by atoms with van der Waals surface area (Å²) in [6, 6.07) is 0. The van der Waals surface area contributed by atoms with Crippen molar-refractivity contribution >= 4 is 9.76 Å². The van der Waals surface area contributed by atoms with Gasteiger partial charge in [0.15, 0.2) is 9.76 Å². The lowest BCUT2D eigenvalue weighted by Crippen LogP contribution is -2.25. The zero-order chi connectivity index (χ0) is 9.94. The number of aliphatic hydroxyl groups is 2. The minimum absolute atomic E-state index is 0.0853. The van der Waals surface area contributed by atoms with E-state index in [1.54, 1.807) is 5.70 Å². The molecule has 0 saturated carbocycles. The number of hydrogen-bond acceptors (Lipinski definition) is 5. The Balaban J connectivity index is 3.52. The molecular formula is C7H16O5Si. The second-order valence-electron chi connectivity index (χ2n) is 2.10. The zero-order valence-electron chi connectivity index (χ0n) is 7.52. The van der Waals surface area contributed by atoms with Crippen molar-refractivity contribution in [2.24, 2.45) is 0 Å². The first-order valence-corrected chi connectivity index (χ1v) is 5.42. The van der Waals surface area contributed by atoms with Crippen molar-refractivity contribution in [3.8, 4) is 0 Å². The summed E-state index contributed by atoms with van der Waals surface area (Å²) >= 11 is 0. The number of rotatable bonds is 9. The Kier molecular flexibility index (Phi) is 9.66. The Morgan fingerprint density at radius 2 is 1.77 bits per heavy atom. The van der Waals surface area contributed by atoms with E-state index in [4.69, 9.17) is 24.1 Å². The second-order valence-corrected chi connectivity index (χ2v) is 3.34. The molecule has 0 atom stereocenters. The summed E-state index contributed by atoms with van der Waals surface area (Å²) < 4.78 is 15.1. The topological polar surface area (TPSA) is 68.2 Å². The van der Waals surface area contributed by atoms with Crippen LogP contribution in [0.15, 0.2) is 12.3 Å². The van der Waals surface area contributed by atoms with Gasteiger partial charge in [-0.15, -0.1) is 6.58 Å². The lowest BCUT2D eigenvalue weighted by Gasteiger charge is -2.17. The molecule has 0 aliphatic carbocycles. The van der Waals surface area contributed by atoms with E-state index in [0.29, 0.717) is 0 Å². The quantitative estimate of drug-likeness (QED) is 0.358. The first-order valence-electron chi connectivity index (χ1n) is 4.02. The molecule has 0 spiro atoms. The third-order valence-electron chi connectivity index (χ3n) is 1.04. The third kappa shape index (κ3) is 8.10. The van der Waals surface area contributed by atoms with Crippen molar-refractivity contribution in [1.29, 1.82) is 0 Å². The molecule has 0 aromatic heterocycles. The first kappa shape index (κ1) is 12.8. The van der Waals surface area contributed by atoms with Crippen LogP contribution in [0.4, 0.5) is 0 Å². The maximum Gasteiger partial charge on any atom is 0.262 e. The highest BCUT2D eigenvalue weighted by molar-refractivity contribution is 6.34. The highest BCUT2D eigenvalue weighted by Crippen LogP contribution is 1.96. The largest absolute Gasteiger partial charge is 0.394 e. The van der Waals surface area contributed by atoms with Crippen molar-refractivity contribution in [3.63, 3.8) is 0 Å². The summed E-state index contributed by atoms with van der Waals surface area (Å²) in [5.74, 6) is 0. The van der Waals surface area contributed by atoms with Gasteiger partial charge in [-0.3, -0.25) is 0 Å². The highest BCUT2D eigenvalue weighted by atomic mass is 28.2. The maximum atomic E-state index is 8.47. The minimum atomic E-state index is -0.831. The predicted molar refractivity (Wildman–Crippen MR) is 49.7 cm³/mol. The lowest BCUT2D eigenvalue weighted by atomic mass is 10.8. The van der Waals surface area contributed by atoms with Gasteiger partial charge in [-0.2, -0.15) is 0 Å². The molecule has 6 heteroatoms. The molecule has 78 valence electrons. The van der Waals surface area contributed by atoms with Gasteiger partial charge >= 0.3 is 0 Å². The van der Waals surface area contributed by atoms with Gasteiger partial charge in [0.05, 0.1) is 26.4 Å². The minimum Gasteiger partial charge on any atom is -0.394 e. The van der Waals surface area contributed by atoms with E-state index >= 15 is 0 Å². The Hall–Kier alpha value is -0.243. The van der Waals surface area contributed by atoms with Gasteiger partial charge in [0, 0.05) is 0 Å². The molecule has 0 unspecified atom stereocenters. The van der Waals surface area contributed by atoms with Crippen molar-refractivity contribution in [2.45, 2.75) is 6.48 Å². The predicted octanol–water partition coefficient (Wildman–Crippen LogP) is -1.47. The van der Waals surface area contributed by atoms with Crippen molar-refractivity contribution in [2.75, 3.05) is 26.4 Å². The van der Waals surface area contributed by atoms with Gasteiger partial charge in [0.25, 0.3) is 6.48 Å². The molecule has 0 aromatic rings.